The van der Waals surface area contributed by atoms with Crippen LogP contribution < -0.4 is 5.32 Å². The minimum Gasteiger partial charge on any atom is -0.379 e. The number of rotatable bonds is 6. The average Bonchev–Trinajstić information content (AvgIpc) is 3.17. The summed E-state index contributed by atoms with van der Waals surface area (Å²) < 4.78 is 37.0. The SMILES string of the molecule is CS(=O)(=O)c1ccc(-c2sc(CNc3ccccc3)nc2-c2ccc(F)cc2)cc1. The third-order valence-corrected chi connectivity index (χ3v) is 6.78. The van der Waals surface area contributed by atoms with Crippen LogP contribution in [0.2, 0.25) is 0 Å². The Labute approximate surface area is 179 Å². The van der Waals surface area contributed by atoms with Crippen molar-refractivity contribution >= 4 is 26.9 Å². The molecule has 0 saturated heterocycles. The normalized spacial score (nSPS) is 11.4. The summed E-state index contributed by atoms with van der Waals surface area (Å²) >= 11 is 1.53. The van der Waals surface area contributed by atoms with Crippen LogP contribution in [0.3, 0.4) is 0 Å². The average molecular weight is 439 g/mol. The maximum absolute atomic E-state index is 13.4. The molecule has 0 radical (unpaired) electrons. The van der Waals surface area contributed by atoms with E-state index in [1.54, 1.807) is 36.4 Å². The fraction of sp³-hybridized carbons (Fsp3) is 0.0870. The first-order valence-electron chi connectivity index (χ1n) is 9.25. The van der Waals surface area contributed by atoms with E-state index in [1.165, 1.54) is 29.7 Å². The van der Waals surface area contributed by atoms with Crippen molar-refractivity contribution in [1.29, 1.82) is 0 Å². The van der Waals surface area contributed by atoms with Gasteiger partial charge in [-0.15, -0.1) is 11.3 Å². The van der Waals surface area contributed by atoms with Gasteiger partial charge in [0.25, 0.3) is 0 Å². The molecule has 0 bridgehead atoms. The van der Waals surface area contributed by atoms with Gasteiger partial charge in [0.1, 0.15) is 10.8 Å². The lowest BCUT2D eigenvalue weighted by Gasteiger charge is -2.04. The third kappa shape index (κ3) is 4.58. The first kappa shape index (κ1) is 20.3. The molecule has 0 aliphatic heterocycles. The number of aromatic nitrogens is 1. The zero-order valence-corrected chi connectivity index (χ0v) is 17.8. The van der Waals surface area contributed by atoms with E-state index in [0.29, 0.717) is 6.54 Å². The molecule has 0 spiro atoms. The highest BCUT2D eigenvalue weighted by atomic mass is 32.2. The highest BCUT2D eigenvalue weighted by Crippen LogP contribution is 2.37. The van der Waals surface area contributed by atoms with Gasteiger partial charge in [0.15, 0.2) is 9.84 Å². The highest BCUT2D eigenvalue weighted by Gasteiger charge is 2.16. The zero-order chi connectivity index (χ0) is 21.1. The second kappa shape index (κ2) is 8.38. The van der Waals surface area contributed by atoms with Gasteiger partial charge in [-0.1, -0.05) is 30.3 Å². The summed E-state index contributed by atoms with van der Waals surface area (Å²) in [6.07, 6.45) is 1.19. The van der Waals surface area contributed by atoms with E-state index in [4.69, 9.17) is 4.98 Å². The van der Waals surface area contributed by atoms with Crippen molar-refractivity contribution in [1.82, 2.24) is 4.98 Å². The lowest BCUT2D eigenvalue weighted by molar-refractivity contribution is 0.602. The largest absolute Gasteiger partial charge is 0.379 e. The van der Waals surface area contributed by atoms with Gasteiger partial charge >= 0.3 is 0 Å². The monoisotopic (exact) mass is 438 g/mol. The van der Waals surface area contributed by atoms with Gasteiger partial charge in [-0.3, -0.25) is 0 Å². The van der Waals surface area contributed by atoms with Gasteiger partial charge in [0.2, 0.25) is 0 Å². The van der Waals surface area contributed by atoms with Gasteiger partial charge < -0.3 is 5.32 Å². The van der Waals surface area contributed by atoms with Crippen LogP contribution in [0, 0.1) is 5.82 Å². The molecule has 0 fully saturated rings. The zero-order valence-electron chi connectivity index (χ0n) is 16.2. The number of halogens is 1. The minimum atomic E-state index is -3.27. The van der Waals surface area contributed by atoms with E-state index < -0.39 is 9.84 Å². The molecule has 0 saturated carbocycles. The van der Waals surface area contributed by atoms with Crippen molar-refractivity contribution < 1.29 is 12.8 Å². The quantitative estimate of drug-likeness (QED) is 0.424. The first-order chi connectivity index (χ1) is 14.4. The van der Waals surface area contributed by atoms with Crippen molar-refractivity contribution in [3.05, 3.63) is 89.7 Å². The van der Waals surface area contributed by atoms with Crippen LogP contribution >= 0.6 is 11.3 Å². The van der Waals surface area contributed by atoms with Crippen molar-refractivity contribution in [3.8, 4) is 21.7 Å². The Morgan fingerprint density at radius 2 is 1.53 bits per heavy atom. The summed E-state index contributed by atoms with van der Waals surface area (Å²) in [6, 6.07) is 22.8. The number of thiazole rings is 1. The predicted molar refractivity (Wildman–Crippen MR) is 120 cm³/mol. The summed E-state index contributed by atoms with van der Waals surface area (Å²) in [5.41, 5.74) is 3.41. The molecule has 1 aromatic heterocycles. The lowest BCUT2D eigenvalue weighted by Crippen LogP contribution is -1.98. The maximum Gasteiger partial charge on any atom is 0.175 e. The second-order valence-electron chi connectivity index (χ2n) is 6.81. The van der Waals surface area contributed by atoms with Crippen molar-refractivity contribution in [2.45, 2.75) is 11.4 Å². The summed E-state index contributed by atoms with van der Waals surface area (Å²) in [5, 5.41) is 4.23. The van der Waals surface area contributed by atoms with Crippen molar-refractivity contribution in [3.63, 3.8) is 0 Å². The number of para-hydroxylation sites is 1. The Kier molecular flexibility index (Phi) is 5.65. The number of nitrogens with zero attached hydrogens (tertiary/aromatic N) is 1. The summed E-state index contributed by atoms with van der Waals surface area (Å²) in [6.45, 7) is 0.546. The standard InChI is InChI=1S/C23H19FN2O2S2/c1-30(27,28)20-13-9-17(10-14-20)23-22(16-7-11-18(24)12-8-16)26-21(29-23)15-25-19-5-3-2-4-6-19/h2-14,25H,15H2,1H3. The molecule has 4 rings (SSSR count). The van der Waals surface area contributed by atoms with Gasteiger partial charge in [0.05, 0.1) is 22.0 Å². The molecule has 0 aliphatic carbocycles. The second-order valence-corrected chi connectivity index (χ2v) is 9.91. The van der Waals surface area contributed by atoms with E-state index in [1.807, 2.05) is 30.3 Å². The van der Waals surface area contributed by atoms with Crippen molar-refractivity contribution in [2.75, 3.05) is 11.6 Å². The molecule has 0 atom stereocenters. The molecule has 152 valence electrons. The summed E-state index contributed by atoms with van der Waals surface area (Å²) in [5.74, 6) is -0.306. The maximum atomic E-state index is 13.4. The summed E-state index contributed by atoms with van der Waals surface area (Å²) in [4.78, 5) is 5.97. The number of benzene rings is 3. The van der Waals surface area contributed by atoms with Crippen LogP contribution in [0.25, 0.3) is 21.7 Å². The van der Waals surface area contributed by atoms with Crippen LogP contribution in [-0.2, 0) is 16.4 Å². The van der Waals surface area contributed by atoms with E-state index in [2.05, 4.69) is 5.32 Å². The molecule has 1 heterocycles. The molecule has 3 aromatic carbocycles. The Morgan fingerprint density at radius 3 is 2.17 bits per heavy atom. The topological polar surface area (TPSA) is 59.1 Å². The molecular formula is C23H19FN2O2S2. The Morgan fingerprint density at radius 1 is 0.900 bits per heavy atom. The molecule has 4 aromatic rings. The van der Waals surface area contributed by atoms with Crippen LogP contribution in [0.4, 0.5) is 10.1 Å². The molecule has 4 nitrogen and oxygen atoms in total. The third-order valence-electron chi connectivity index (χ3n) is 4.55. The van der Waals surface area contributed by atoms with Gasteiger partial charge in [-0.05, 0) is 54.1 Å². The van der Waals surface area contributed by atoms with Crippen LogP contribution in [0.15, 0.2) is 83.8 Å². The Hall–Kier alpha value is -3.03. The van der Waals surface area contributed by atoms with Crippen LogP contribution in [0.5, 0.6) is 0 Å². The molecule has 1 N–H and O–H groups in total. The minimum absolute atomic E-state index is 0.269. The van der Waals surface area contributed by atoms with E-state index in [9.17, 15) is 12.8 Å². The highest BCUT2D eigenvalue weighted by molar-refractivity contribution is 7.90. The molecule has 0 aliphatic rings. The number of nitrogens with one attached hydrogen (secondary N) is 1. The van der Waals surface area contributed by atoms with Crippen LogP contribution in [-0.4, -0.2) is 19.7 Å². The Bertz CT molecular complexity index is 1250. The molecular weight excluding hydrogens is 419 g/mol. The first-order valence-corrected chi connectivity index (χ1v) is 12.0. The van der Waals surface area contributed by atoms with E-state index in [0.717, 1.165) is 32.4 Å². The van der Waals surface area contributed by atoms with Crippen LogP contribution in [0.1, 0.15) is 5.01 Å². The lowest BCUT2D eigenvalue weighted by atomic mass is 10.1. The van der Waals surface area contributed by atoms with E-state index in [-0.39, 0.29) is 10.7 Å². The fourth-order valence-electron chi connectivity index (χ4n) is 3.03. The van der Waals surface area contributed by atoms with Gasteiger partial charge in [0, 0.05) is 17.5 Å². The number of hydrogen-bond donors (Lipinski definition) is 1. The fourth-order valence-corrected chi connectivity index (χ4v) is 4.69. The predicted octanol–water partition coefficient (Wildman–Crippen LogP) is 5.63. The molecule has 7 heteroatoms. The molecule has 0 unspecified atom stereocenters. The molecule has 30 heavy (non-hydrogen) atoms. The smallest absolute Gasteiger partial charge is 0.175 e. The number of anilines is 1. The van der Waals surface area contributed by atoms with Crippen molar-refractivity contribution in [2.24, 2.45) is 0 Å². The number of sulfone groups is 1. The Balaban J connectivity index is 1.71. The van der Waals surface area contributed by atoms with Gasteiger partial charge in [-0.25, -0.2) is 17.8 Å². The van der Waals surface area contributed by atoms with E-state index >= 15 is 0 Å². The number of hydrogen-bond acceptors (Lipinski definition) is 5. The van der Waals surface area contributed by atoms with Gasteiger partial charge in [-0.2, -0.15) is 0 Å². The molecule has 0 amide bonds. The summed E-state index contributed by atoms with van der Waals surface area (Å²) in [7, 11) is -3.27.